The van der Waals surface area contributed by atoms with Crippen molar-refractivity contribution in [3.63, 3.8) is 0 Å². The largest absolute Gasteiger partial charge is 2.00 e. The molecule has 0 heterocycles. The Kier molecular flexibility index (Phi) is 172. The quantitative estimate of drug-likeness (QED) is 0.440. The van der Waals surface area contributed by atoms with Gasteiger partial charge in [0, 0.05) is 25.8 Å². The summed E-state index contributed by atoms with van der Waals surface area (Å²) >= 11 is 0. The molecule has 4 heteroatoms. The molecule has 0 bridgehead atoms. The minimum Gasteiger partial charge on any atom is -1.00 e. The zero-order valence-corrected chi connectivity index (χ0v) is 6.71. The van der Waals surface area contributed by atoms with Crippen molar-refractivity contribution in [1.29, 1.82) is 0 Å². The van der Waals surface area contributed by atoms with Crippen molar-refractivity contribution in [3.05, 3.63) is 0 Å². The van der Waals surface area contributed by atoms with Crippen LogP contribution in [0.1, 0.15) is 2.85 Å². The maximum Gasteiger partial charge on any atom is 2.00 e. The average molecular weight is 253 g/mol. The Labute approximate surface area is 73.9 Å². The molecule has 0 spiro atoms. The molecule has 0 aromatic carbocycles. The van der Waals surface area contributed by atoms with E-state index in [1.807, 2.05) is 0 Å². The van der Waals surface area contributed by atoms with Gasteiger partial charge in [0.15, 0.2) is 17.4 Å². The first-order valence-corrected chi connectivity index (χ1v) is 0. The van der Waals surface area contributed by atoms with Crippen LogP contribution in [0.5, 0.6) is 0 Å². The Morgan fingerprint density at radius 2 is 1.25 bits per heavy atom. The summed E-state index contributed by atoms with van der Waals surface area (Å²) in [5, 5.41) is 0. The molecule has 0 unspecified atom stereocenters. The van der Waals surface area contributed by atoms with Gasteiger partial charge in [-0.3, -0.25) is 0 Å². The number of hydrogen-bond donors (Lipinski definition) is 0. The van der Waals surface area contributed by atoms with Crippen LogP contribution in [0.2, 0.25) is 0 Å². The maximum absolute atomic E-state index is 0. The van der Waals surface area contributed by atoms with Crippen molar-refractivity contribution in [1.82, 2.24) is 0 Å². The van der Waals surface area contributed by atoms with Crippen LogP contribution >= 0.6 is 0 Å². The van der Waals surface area contributed by atoms with Crippen LogP contribution in [0.4, 0.5) is 0 Å². The Morgan fingerprint density at radius 1 is 1.25 bits per heavy atom. The second kappa shape index (κ2) is 19.3. The van der Waals surface area contributed by atoms with E-state index < -0.39 is 0 Å². The minimum atomic E-state index is 0. The summed E-state index contributed by atoms with van der Waals surface area (Å²) in [6, 6.07) is 0. The summed E-state index contributed by atoms with van der Waals surface area (Å²) < 4.78 is 0. The third-order valence-corrected chi connectivity index (χ3v) is 0. The van der Waals surface area contributed by atoms with Gasteiger partial charge in [-0.25, -0.2) is 0 Å². The summed E-state index contributed by atoms with van der Waals surface area (Å²) in [5.74, 6) is 0. The van der Waals surface area contributed by atoms with E-state index in [1.54, 1.807) is 0 Å². The van der Waals surface area contributed by atoms with Crippen LogP contribution in [0, 0.1) is 0 Å². The first-order valence-electron chi connectivity index (χ1n) is 0. The zero-order valence-electron chi connectivity index (χ0n) is 3.71. The van der Waals surface area contributed by atoms with Crippen molar-refractivity contribution >= 4 is 40.4 Å². The third kappa shape index (κ3) is 8.92. The summed E-state index contributed by atoms with van der Waals surface area (Å²) in [7, 11) is 0. The van der Waals surface area contributed by atoms with Crippen LogP contribution in [0.25, 0.3) is 0 Å². The third-order valence-electron chi connectivity index (χ3n) is 0. The fraction of sp³-hybridized carbons (Fsp3) is 0. The van der Waals surface area contributed by atoms with Gasteiger partial charge in [0.2, 0.25) is 0 Å². The minimum absolute atomic E-state index is 0. The van der Waals surface area contributed by atoms with Gasteiger partial charge < -0.3 is 8.33 Å². The van der Waals surface area contributed by atoms with E-state index in [4.69, 9.17) is 0 Å². The zero-order chi connectivity index (χ0) is 0. The molecule has 0 aliphatic rings. The normalized spacial score (nSPS) is 0. The molecule has 0 aromatic rings. The molecular formula is H7AlHfMgO. The fourth-order valence-corrected chi connectivity index (χ4v) is 0. The molecule has 4 heavy (non-hydrogen) atoms. The number of hydrogen-bond acceptors (Lipinski definition) is 0. The van der Waals surface area contributed by atoms with Crippen LogP contribution in [0.15, 0.2) is 0 Å². The molecular weight excluding hydrogens is 246 g/mol. The molecule has 0 saturated carbocycles. The summed E-state index contributed by atoms with van der Waals surface area (Å²) in [6.45, 7) is 0. The topological polar surface area (TPSA) is 31.5 Å². The first-order chi connectivity index (χ1) is 0. The Balaban J connectivity index is 0. The Bertz CT molecular complexity index is 13.5. The predicted octanol–water partition coefficient (Wildman–Crippen LogP) is -2.17. The predicted molar refractivity (Wildman–Crippen MR) is 21.5 cm³/mol. The standard InChI is InChI=1S/Al.Hf.Mg.H2O.5H/h;;;1H2;;;;;/q;;+2;;;;;2*-1. The van der Waals surface area contributed by atoms with Crippen molar-refractivity contribution < 1.29 is 34.2 Å². The molecule has 0 aromatic heterocycles. The van der Waals surface area contributed by atoms with Gasteiger partial charge in [0.05, 0.1) is 0 Å². The molecule has 0 saturated heterocycles. The fourth-order valence-electron chi connectivity index (χ4n) is 0. The SMILES string of the molecule is O.[AlH3].[H-].[H-].[Hf].[Mg+2]. The van der Waals surface area contributed by atoms with Crippen LogP contribution < -0.4 is 0 Å². The summed E-state index contributed by atoms with van der Waals surface area (Å²) in [4.78, 5) is 0. The van der Waals surface area contributed by atoms with Crippen molar-refractivity contribution in [2.45, 2.75) is 0 Å². The van der Waals surface area contributed by atoms with Crippen LogP contribution in [-0.4, -0.2) is 45.9 Å². The summed E-state index contributed by atoms with van der Waals surface area (Å²) in [5.41, 5.74) is 0. The van der Waals surface area contributed by atoms with E-state index in [9.17, 15) is 0 Å². The molecule has 0 aliphatic carbocycles. The van der Waals surface area contributed by atoms with Crippen molar-refractivity contribution in [2.75, 3.05) is 0 Å². The Morgan fingerprint density at radius 3 is 1.25 bits per heavy atom. The van der Waals surface area contributed by atoms with E-state index in [1.165, 1.54) is 0 Å². The van der Waals surface area contributed by atoms with Gasteiger partial charge in [-0.2, -0.15) is 0 Å². The van der Waals surface area contributed by atoms with E-state index in [-0.39, 0.29) is 74.6 Å². The molecule has 0 rings (SSSR count). The van der Waals surface area contributed by atoms with E-state index in [2.05, 4.69) is 0 Å². The molecule has 0 aliphatic heterocycles. The van der Waals surface area contributed by atoms with Crippen molar-refractivity contribution in [2.24, 2.45) is 0 Å². The monoisotopic (exact) mass is 254 g/mol. The van der Waals surface area contributed by atoms with Gasteiger partial charge in [-0.05, 0) is 0 Å². The van der Waals surface area contributed by atoms with Gasteiger partial charge in [0.1, 0.15) is 0 Å². The molecule has 0 amide bonds. The summed E-state index contributed by atoms with van der Waals surface area (Å²) in [6.07, 6.45) is 0. The van der Waals surface area contributed by atoms with E-state index in [0.29, 0.717) is 0 Å². The molecule has 0 atom stereocenters. The molecule has 0 radical (unpaired) electrons. The van der Waals surface area contributed by atoms with Gasteiger partial charge in [-0.15, -0.1) is 0 Å². The van der Waals surface area contributed by atoms with Crippen LogP contribution in [-0.2, 0) is 25.8 Å². The smallest absolute Gasteiger partial charge is 1.00 e. The van der Waals surface area contributed by atoms with E-state index >= 15 is 0 Å². The van der Waals surface area contributed by atoms with Gasteiger partial charge in [0.25, 0.3) is 0 Å². The average Bonchev–Trinajstić information content (AvgIpc) is 0. The van der Waals surface area contributed by atoms with E-state index in [0.717, 1.165) is 0 Å². The first kappa shape index (κ1) is 35.6. The maximum atomic E-state index is 0. The van der Waals surface area contributed by atoms with Crippen molar-refractivity contribution in [3.8, 4) is 0 Å². The second-order valence-electron chi connectivity index (χ2n) is 0. The molecule has 2 N–H and O–H groups in total. The molecule has 22 valence electrons. The molecule has 0 fully saturated rings. The van der Waals surface area contributed by atoms with Gasteiger partial charge >= 0.3 is 23.1 Å². The number of rotatable bonds is 0. The second-order valence-corrected chi connectivity index (χ2v) is 0. The molecule has 1 nitrogen and oxygen atoms in total. The Hall–Kier alpha value is 2.13. The van der Waals surface area contributed by atoms with Crippen LogP contribution in [0.3, 0.4) is 0 Å². The van der Waals surface area contributed by atoms with Gasteiger partial charge in [-0.1, -0.05) is 0 Å².